The first-order chi connectivity index (χ1) is 64.0. The van der Waals surface area contributed by atoms with Gasteiger partial charge in [0.2, 0.25) is 5.95 Å². The van der Waals surface area contributed by atoms with Crippen molar-refractivity contribution in [3.8, 4) is 107 Å². The second-order valence-electron chi connectivity index (χ2n) is 32.7. The van der Waals surface area contributed by atoms with Crippen molar-refractivity contribution in [1.29, 1.82) is 0 Å². The van der Waals surface area contributed by atoms with Crippen molar-refractivity contribution >= 4 is 120 Å². The third kappa shape index (κ3) is 13.2. The van der Waals surface area contributed by atoms with Gasteiger partial charge in [-0.25, -0.2) is 9.97 Å². The summed E-state index contributed by atoms with van der Waals surface area (Å²) in [6.07, 6.45) is 0. The minimum Gasteiger partial charge on any atom is -0.309 e. The fourth-order valence-corrected chi connectivity index (χ4v) is 19.5. The molecule has 9 nitrogen and oxygen atoms in total. The lowest BCUT2D eigenvalue weighted by Crippen LogP contribution is -2.07. The fourth-order valence-electron chi connectivity index (χ4n) is 19.5. The lowest BCUT2D eigenvalue weighted by atomic mass is 9.98. The molecule has 26 aromatic rings. The number of para-hydroxylation sites is 12. The Morgan fingerprint density at radius 1 is 0.155 bits per heavy atom. The Morgan fingerprint density at radius 2 is 0.442 bits per heavy atom. The standard InChI is InChI=1S/C51H33N5.C36H24N2.C33H22N2/c1-4-14-34(15-5-1)36-24-28-38(29-25-36)49-52-50(39-30-26-37(27-31-39)35-16-6-2-7-17-35)54-51(53-49)56-46-23-13-11-21-42(46)44-33-32-43-41-20-10-12-22-45(41)55(47(43)48(44)56)40-18-8-3-9-19-40;1-7-19-31-25(13-1)26-14-2-8-20-32(26)37(31)35-23-11-5-17-29(35)30-18-6-12-24-36(30)38-33-21-9-3-15-27(33)28-16-4-10-22-34(28)38;1-2-10-23(11-3-1)29-22-31(34-30-15-7-4-12-26(29)30)24-18-20-25(21-19-24)35-32-16-8-5-13-27(32)28-14-6-9-17-33(28)35/h1-33H;1-24H;1-22H. The van der Waals surface area contributed by atoms with Crippen LogP contribution < -0.4 is 0 Å². The number of hydrogen-bond acceptors (Lipinski definition) is 4. The number of benzene rings is 19. The zero-order chi connectivity index (χ0) is 85.2. The molecular formula is C120H79N9. The van der Waals surface area contributed by atoms with E-state index in [0.29, 0.717) is 17.6 Å². The Labute approximate surface area is 744 Å². The van der Waals surface area contributed by atoms with Crippen LogP contribution in [-0.4, -0.2) is 42.8 Å². The molecule has 0 N–H and O–H groups in total. The van der Waals surface area contributed by atoms with Crippen LogP contribution in [0.25, 0.3) is 227 Å². The molecule has 7 heterocycles. The Hall–Kier alpha value is -17.4. The summed E-state index contributed by atoms with van der Waals surface area (Å²) in [5.74, 6) is 1.78. The monoisotopic (exact) mass is 1650 g/mol. The maximum atomic E-state index is 5.33. The Balaban J connectivity index is 0.000000112. The summed E-state index contributed by atoms with van der Waals surface area (Å²) in [5.41, 5.74) is 30.6. The molecule has 0 saturated heterocycles. The van der Waals surface area contributed by atoms with Gasteiger partial charge < -0.3 is 18.3 Å². The van der Waals surface area contributed by atoms with Gasteiger partial charge in [-0.1, -0.05) is 382 Å². The smallest absolute Gasteiger partial charge is 0.238 e. The highest BCUT2D eigenvalue weighted by Gasteiger charge is 2.26. The first-order valence-electron chi connectivity index (χ1n) is 43.8. The van der Waals surface area contributed by atoms with Crippen LogP contribution in [0.3, 0.4) is 0 Å². The van der Waals surface area contributed by atoms with Crippen molar-refractivity contribution in [2.75, 3.05) is 0 Å². The molecule has 0 saturated carbocycles. The van der Waals surface area contributed by atoms with E-state index in [-0.39, 0.29) is 0 Å². The number of aromatic nitrogens is 9. The molecule has 26 rings (SSSR count). The summed E-state index contributed by atoms with van der Waals surface area (Å²) < 4.78 is 11.8. The summed E-state index contributed by atoms with van der Waals surface area (Å²) in [6, 6.07) is 170. The van der Waals surface area contributed by atoms with Crippen LogP contribution in [0.4, 0.5) is 0 Å². The van der Waals surface area contributed by atoms with E-state index >= 15 is 0 Å². The Bertz CT molecular complexity index is 8350. The quantitative estimate of drug-likeness (QED) is 0.122. The highest BCUT2D eigenvalue weighted by molar-refractivity contribution is 6.24. The Morgan fingerprint density at radius 3 is 0.860 bits per heavy atom. The summed E-state index contributed by atoms with van der Waals surface area (Å²) in [6.45, 7) is 0. The van der Waals surface area contributed by atoms with Gasteiger partial charge in [0.05, 0.1) is 77.8 Å². The molecule has 0 aliphatic rings. The van der Waals surface area contributed by atoms with Crippen LogP contribution in [-0.2, 0) is 0 Å². The lowest BCUT2D eigenvalue weighted by molar-refractivity contribution is 0.953. The average Bonchev–Trinajstić information content (AvgIpc) is 1.54. The fraction of sp³-hybridized carbons (Fsp3) is 0. The predicted molar refractivity (Wildman–Crippen MR) is 538 cm³/mol. The van der Waals surface area contributed by atoms with Gasteiger partial charge in [0.1, 0.15) is 0 Å². The average molecular weight is 1650 g/mol. The van der Waals surface area contributed by atoms with Crippen molar-refractivity contribution in [2.45, 2.75) is 0 Å². The third-order valence-corrected chi connectivity index (χ3v) is 25.3. The van der Waals surface area contributed by atoms with Gasteiger partial charge in [0.15, 0.2) is 11.6 Å². The summed E-state index contributed by atoms with van der Waals surface area (Å²) in [7, 11) is 0. The molecule has 7 aromatic heterocycles. The minimum absolute atomic E-state index is 0.563. The highest BCUT2D eigenvalue weighted by Crippen LogP contribution is 2.46. The molecule has 0 fully saturated rings. The van der Waals surface area contributed by atoms with Gasteiger partial charge in [0, 0.05) is 98.4 Å². The predicted octanol–water partition coefficient (Wildman–Crippen LogP) is 30.9. The summed E-state index contributed by atoms with van der Waals surface area (Å²) >= 11 is 0. The Kier molecular flexibility index (Phi) is 18.7. The third-order valence-electron chi connectivity index (χ3n) is 25.3. The largest absolute Gasteiger partial charge is 0.309 e. The molecule has 19 aromatic carbocycles. The van der Waals surface area contributed by atoms with Gasteiger partial charge in [0.25, 0.3) is 0 Å². The molecule has 0 aliphatic heterocycles. The van der Waals surface area contributed by atoms with Crippen molar-refractivity contribution < 1.29 is 0 Å². The van der Waals surface area contributed by atoms with Gasteiger partial charge in [-0.15, -0.1) is 0 Å². The number of hydrogen-bond donors (Lipinski definition) is 0. The molecule has 129 heavy (non-hydrogen) atoms. The first-order valence-corrected chi connectivity index (χ1v) is 43.8. The number of nitrogens with zero attached hydrogens (tertiary/aromatic N) is 9. The van der Waals surface area contributed by atoms with Gasteiger partial charge in [-0.05, 0) is 130 Å². The normalized spacial score (nSPS) is 11.6. The molecule has 9 heteroatoms. The van der Waals surface area contributed by atoms with E-state index in [1.807, 2.05) is 12.1 Å². The molecule has 0 unspecified atom stereocenters. The molecular weight excluding hydrogens is 1570 g/mol. The number of fused-ring (bicyclic) bond motifs is 17. The SMILES string of the molecule is c1ccc(-c2cc(-c3ccc(-n4c5ccccc5c5ccccc54)cc3)nc3ccccc23)cc1.c1ccc(-c2ccc(-c3nc(-c4ccc(-c5ccccc5)cc4)nc(-n4c5ccccc5c5ccc6c7ccccc7n(-c7ccccc7)c6c54)n3)cc2)cc1.c1ccc(-n2c3ccccc3c3ccccc32)c(-c2ccccc2-n2c3ccccc3c3ccccc32)c1. The molecule has 0 amide bonds. The van der Waals surface area contributed by atoms with Gasteiger partial charge in [-0.2, -0.15) is 9.97 Å². The van der Waals surface area contributed by atoms with Crippen LogP contribution in [0.2, 0.25) is 0 Å². The molecule has 604 valence electrons. The van der Waals surface area contributed by atoms with Crippen molar-refractivity contribution in [1.82, 2.24) is 42.8 Å². The topological polar surface area (TPSA) is 76.2 Å². The molecule has 0 spiro atoms. The van der Waals surface area contributed by atoms with Crippen LogP contribution >= 0.6 is 0 Å². The van der Waals surface area contributed by atoms with Crippen LogP contribution in [0.1, 0.15) is 0 Å². The first kappa shape index (κ1) is 75.4. The maximum Gasteiger partial charge on any atom is 0.238 e. The van der Waals surface area contributed by atoms with Crippen LogP contribution in [0.15, 0.2) is 479 Å². The van der Waals surface area contributed by atoms with Gasteiger partial charge in [-0.3, -0.25) is 4.57 Å². The lowest BCUT2D eigenvalue weighted by Gasteiger charge is -2.18. The molecule has 0 radical (unpaired) electrons. The van der Waals surface area contributed by atoms with E-state index in [1.54, 1.807) is 0 Å². The summed E-state index contributed by atoms with van der Waals surface area (Å²) in [5, 5.41) is 13.4. The van der Waals surface area contributed by atoms with E-state index in [2.05, 4.69) is 490 Å². The number of pyridine rings is 1. The van der Waals surface area contributed by atoms with Gasteiger partial charge >= 0.3 is 0 Å². The van der Waals surface area contributed by atoms with Crippen LogP contribution in [0.5, 0.6) is 0 Å². The van der Waals surface area contributed by atoms with E-state index in [4.69, 9.17) is 19.9 Å². The van der Waals surface area contributed by atoms with E-state index < -0.39 is 0 Å². The second kappa shape index (κ2) is 32.0. The molecule has 0 bridgehead atoms. The van der Waals surface area contributed by atoms with E-state index in [1.165, 1.54) is 115 Å². The van der Waals surface area contributed by atoms with Crippen molar-refractivity contribution in [3.63, 3.8) is 0 Å². The number of rotatable bonds is 12. The molecule has 0 aliphatic carbocycles. The van der Waals surface area contributed by atoms with Crippen LogP contribution in [0, 0.1) is 0 Å². The second-order valence-corrected chi connectivity index (χ2v) is 32.7. The maximum absolute atomic E-state index is 5.33. The summed E-state index contributed by atoms with van der Waals surface area (Å²) in [4.78, 5) is 20.9. The zero-order valence-electron chi connectivity index (χ0n) is 70.1. The molecule has 0 atom stereocenters. The van der Waals surface area contributed by atoms with Crippen molar-refractivity contribution in [2.24, 2.45) is 0 Å². The van der Waals surface area contributed by atoms with E-state index in [0.717, 1.165) is 94.4 Å². The zero-order valence-corrected chi connectivity index (χ0v) is 70.1. The van der Waals surface area contributed by atoms with Crippen molar-refractivity contribution in [3.05, 3.63) is 479 Å². The highest BCUT2D eigenvalue weighted by atomic mass is 15.2. The minimum atomic E-state index is 0.563. The van der Waals surface area contributed by atoms with E-state index in [9.17, 15) is 0 Å².